The SMILES string of the molecule is COC[C@H]1[C@@H](NC(=O)Cc2cccc3ccccc23)[C@H]2CCO[C@H]21. The molecule has 4 rings (SSSR count). The lowest BCUT2D eigenvalue weighted by Gasteiger charge is -2.47. The van der Waals surface area contributed by atoms with Crippen LogP contribution in [0.4, 0.5) is 0 Å². The zero-order chi connectivity index (χ0) is 16.5. The van der Waals surface area contributed by atoms with Crippen molar-refractivity contribution in [3.63, 3.8) is 0 Å². The van der Waals surface area contributed by atoms with Crippen LogP contribution < -0.4 is 5.32 Å². The maximum Gasteiger partial charge on any atom is 0.224 e. The van der Waals surface area contributed by atoms with E-state index in [0.29, 0.717) is 18.9 Å². The van der Waals surface area contributed by atoms with Crippen molar-refractivity contribution in [1.82, 2.24) is 5.32 Å². The van der Waals surface area contributed by atoms with Gasteiger partial charge in [0.1, 0.15) is 0 Å². The quantitative estimate of drug-likeness (QED) is 0.919. The number of rotatable bonds is 5. The highest BCUT2D eigenvalue weighted by Crippen LogP contribution is 2.43. The molecule has 1 N–H and O–H groups in total. The first kappa shape index (κ1) is 15.6. The Morgan fingerprint density at radius 1 is 1.25 bits per heavy atom. The third-order valence-corrected chi connectivity index (χ3v) is 5.45. The summed E-state index contributed by atoms with van der Waals surface area (Å²) in [5.74, 6) is 0.809. The minimum Gasteiger partial charge on any atom is -0.384 e. The van der Waals surface area contributed by atoms with Crippen LogP contribution in [0.5, 0.6) is 0 Å². The third-order valence-electron chi connectivity index (χ3n) is 5.45. The van der Waals surface area contributed by atoms with Gasteiger partial charge in [0.25, 0.3) is 0 Å². The first-order valence-electron chi connectivity index (χ1n) is 8.64. The number of hydrogen-bond acceptors (Lipinski definition) is 3. The zero-order valence-corrected chi connectivity index (χ0v) is 13.9. The van der Waals surface area contributed by atoms with E-state index >= 15 is 0 Å². The van der Waals surface area contributed by atoms with Crippen LogP contribution in [0.25, 0.3) is 10.8 Å². The van der Waals surface area contributed by atoms with Gasteiger partial charge < -0.3 is 14.8 Å². The molecule has 2 aromatic rings. The molecule has 0 aromatic heterocycles. The average Bonchev–Trinajstić information content (AvgIpc) is 3.02. The Morgan fingerprint density at radius 2 is 2.08 bits per heavy atom. The van der Waals surface area contributed by atoms with Crippen molar-refractivity contribution in [2.24, 2.45) is 11.8 Å². The van der Waals surface area contributed by atoms with Crippen molar-refractivity contribution in [3.05, 3.63) is 48.0 Å². The second-order valence-electron chi connectivity index (χ2n) is 6.82. The number of benzene rings is 2. The standard InChI is InChI=1S/C20H23NO3/c1-23-12-17-19(16-9-10-24-20(16)17)21-18(22)11-14-7-4-6-13-5-2-3-8-15(13)14/h2-8,16-17,19-20H,9-12H2,1H3,(H,21,22)/t16-,17+,19+,20-/m1/s1. The number of amides is 1. The number of nitrogens with one attached hydrogen (secondary N) is 1. The van der Waals surface area contributed by atoms with E-state index in [1.807, 2.05) is 24.3 Å². The van der Waals surface area contributed by atoms with Gasteiger partial charge in [-0.3, -0.25) is 4.79 Å². The molecule has 1 heterocycles. The molecular weight excluding hydrogens is 302 g/mol. The van der Waals surface area contributed by atoms with Crippen LogP contribution in [0.1, 0.15) is 12.0 Å². The van der Waals surface area contributed by atoms with Crippen LogP contribution >= 0.6 is 0 Å². The summed E-state index contributed by atoms with van der Waals surface area (Å²) in [5, 5.41) is 5.56. The largest absolute Gasteiger partial charge is 0.384 e. The summed E-state index contributed by atoms with van der Waals surface area (Å²) in [6, 6.07) is 14.5. The Bertz CT molecular complexity index is 739. The van der Waals surface area contributed by atoms with Gasteiger partial charge in [-0.25, -0.2) is 0 Å². The van der Waals surface area contributed by atoms with Crippen LogP contribution in [0.15, 0.2) is 42.5 Å². The highest BCUT2D eigenvalue weighted by atomic mass is 16.5. The van der Waals surface area contributed by atoms with E-state index in [1.165, 1.54) is 5.39 Å². The Balaban J connectivity index is 1.46. The van der Waals surface area contributed by atoms with Crippen LogP contribution in [0.2, 0.25) is 0 Å². The fraction of sp³-hybridized carbons (Fsp3) is 0.450. The highest BCUT2D eigenvalue weighted by molar-refractivity contribution is 5.90. The van der Waals surface area contributed by atoms with Crippen molar-refractivity contribution < 1.29 is 14.3 Å². The molecule has 0 spiro atoms. The number of carbonyl (C=O) groups is 1. The van der Waals surface area contributed by atoms with Gasteiger partial charge in [0.05, 0.1) is 19.1 Å². The van der Waals surface area contributed by atoms with Crippen molar-refractivity contribution in [1.29, 1.82) is 0 Å². The minimum atomic E-state index is 0.0859. The molecular formula is C20H23NO3. The van der Waals surface area contributed by atoms with Gasteiger partial charge in [-0.2, -0.15) is 0 Å². The summed E-state index contributed by atoms with van der Waals surface area (Å²) in [6.07, 6.45) is 1.70. The lowest BCUT2D eigenvalue weighted by molar-refractivity contribution is -0.129. The van der Waals surface area contributed by atoms with Crippen molar-refractivity contribution in [2.45, 2.75) is 25.0 Å². The van der Waals surface area contributed by atoms with Gasteiger partial charge in [-0.1, -0.05) is 42.5 Å². The van der Waals surface area contributed by atoms with Crippen molar-refractivity contribution in [2.75, 3.05) is 20.3 Å². The molecule has 24 heavy (non-hydrogen) atoms. The van der Waals surface area contributed by atoms with Gasteiger partial charge in [0.15, 0.2) is 0 Å². The Hall–Kier alpha value is -1.91. The summed E-state index contributed by atoms with van der Waals surface area (Å²) < 4.78 is 11.1. The van der Waals surface area contributed by atoms with E-state index < -0.39 is 0 Å². The number of fused-ring (bicyclic) bond motifs is 2. The average molecular weight is 325 g/mol. The fourth-order valence-corrected chi connectivity index (χ4v) is 4.29. The monoisotopic (exact) mass is 325 g/mol. The third kappa shape index (κ3) is 2.70. The Kier molecular flexibility index (Phi) is 4.25. The van der Waals surface area contributed by atoms with Crippen LogP contribution in [-0.2, 0) is 20.7 Å². The molecule has 0 radical (unpaired) electrons. The van der Waals surface area contributed by atoms with Gasteiger partial charge >= 0.3 is 0 Å². The molecule has 1 saturated carbocycles. The number of hydrogen-bond donors (Lipinski definition) is 1. The summed E-state index contributed by atoms with van der Waals surface area (Å²) in [6.45, 7) is 1.44. The first-order chi connectivity index (χ1) is 11.8. The molecule has 2 aliphatic rings. The molecule has 2 aromatic carbocycles. The fourth-order valence-electron chi connectivity index (χ4n) is 4.29. The number of ether oxygens (including phenoxy) is 2. The van der Waals surface area contributed by atoms with Gasteiger partial charge in [-0.15, -0.1) is 0 Å². The molecule has 126 valence electrons. The first-order valence-corrected chi connectivity index (χ1v) is 8.64. The van der Waals surface area contributed by atoms with Crippen LogP contribution in [0, 0.1) is 11.8 Å². The van der Waals surface area contributed by atoms with Gasteiger partial charge in [0, 0.05) is 31.6 Å². The molecule has 1 saturated heterocycles. The van der Waals surface area contributed by atoms with E-state index in [4.69, 9.17) is 9.47 Å². The predicted molar refractivity (Wildman–Crippen MR) is 92.8 cm³/mol. The number of carbonyl (C=O) groups excluding carboxylic acids is 1. The lowest BCUT2D eigenvalue weighted by Crippen LogP contribution is -2.62. The van der Waals surface area contributed by atoms with E-state index in [1.54, 1.807) is 7.11 Å². The van der Waals surface area contributed by atoms with Crippen molar-refractivity contribution >= 4 is 16.7 Å². The highest BCUT2D eigenvalue weighted by Gasteiger charge is 2.54. The molecule has 1 aliphatic heterocycles. The number of methoxy groups -OCH3 is 1. The van der Waals surface area contributed by atoms with E-state index in [9.17, 15) is 4.79 Å². The second-order valence-corrected chi connectivity index (χ2v) is 6.82. The summed E-state index contributed by atoms with van der Waals surface area (Å²) in [7, 11) is 1.71. The van der Waals surface area contributed by atoms with E-state index in [-0.39, 0.29) is 24.0 Å². The minimum absolute atomic E-state index is 0.0859. The summed E-state index contributed by atoms with van der Waals surface area (Å²) >= 11 is 0. The molecule has 2 fully saturated rings. The van der Waals surface area contributed by atoms with Crippen LogP contribution in [0.3, 0.4) is 0 Å². The second kappa shape index (κ2) is 6.54. The predicted octanol–water partition coefficient (Wildman–Crippen LogP) is 2.55. The smallest absolute Gasteiger partial charge is 0.224 e. The molecule has 1 amide bonds. The van der Waals surface area contributed by atoms with Crippen molar-refractivity contribution in [3.8, 4) is 0 Å². The Labute approximate surface area is 142 Å². The Morgan fingerprint density at radius 3 is 2.96 bits per heavy atom. The maximum absolute atomic E-state index is 12.6. The van der Waals surface area contributed by atoms with E-state index in [2.05, 4.69) is 23.5 Å². The lowest BCUT2D eigenvalue weighted by atomic mass is 9.67. The molecule has 4 nitrogen and oxygen atoms in total. The molecule has 0 unspecified atom stereocenters. The topological polar surface area (TPSA) is 47.6 Å². The van der Waals surface area contributed by atoms with Gasteiger partial charge in [-0.05, 0) is 22.8 Å². The molecule has 1 aliphatic carbocycles. The maximum atomic E-state index is 12.6. The normalized spacial score (nSPS) is 28.4. The summed E-state index contributed by atoms with van der Waals surface area (Å²) in [4.78, 5) is 12.6. The molecule has 4 heteroatoms. The van der Waals surface area contributed by atoms with Crippen LogP contribution in [-0.4, -0.2) is 38.4 Å². The van der Waals surface area contributed by atoms with E-state index in [0.717, 1.165) is 24.0 Å². The summed E-state index contributed by atoms with van der Waals surface area (Å²) in [5.41, 5.74) is 1.08. The zero-order valence-electron chi connectivity index (χ0n) is 13.9. The van der Waals surface area contributed by atoms with Gasteiger partial charge in [0.2, 0.25) is 5.91 Å². The molecule has 0 bridgehead atoms. The molecule has 4 atom stereocenters.